The minimum atomic E-state index is -0.881. The second kappa shape index (κ2) is 5.47. The predicted molar refractivity (Wildman–Crippen MR) is 76.0 cm³/mol. The summed E-state index contributed by atoms with van der Waals surface area (Å²) in [5.74, 6) is -1.10. The van der Waals surface area contributed by atoms with E-state index in [0.717, 1.165) is 0 Å². The van der Waals surface area contributed by atoms with Crippen LogP contribution in [0, 0.1) is 0 Å². The van der Waals surface area contributed by atoms with Crippen LogP contribution < -0.4 is 10.2 Å². The average Bonchev–Trinajstić information content (AvgIpc) is 2.73. The second-order valence-corrected chi connectivity index (χ2v) is 5.01. The summed E-state index contributed by atoms with van der Waals surface area (Å²) in [6.45, 7) is 4.00. The zero-order valence-electron chi connectivity index (χ0n) is 12.1. The van der Waals surface area contributed by atoms with E-state index in [1.165, 1.54) is 25.7 Å². The van der Waals surface area contributed by atoms with Crippen molar-refractivity contribution >= 4 is 29.1 Å². The lowest BCUT2D eigenvalue weighted by Gasteiger charge is -2.19. The number of fused-ring (bicyclic) bond motifs is 1. The molecule has 0 fully saturated rings. The van der Waals surface area contributed by atoms with Gasteiger partial charge in [0.1, 0.15) is 6.04 Å². The van der Waals surface area contributed by atoms with E-state index >= 15 is 0 Å². The number of hydrogen-bond acceptors (Lipinski definition) is 4. The first-order valence-corrected chi connectivity index (χ1v) is 6.54. The summed E-state index contributed by atoms with van der Waals surface area (Å²) in [4.78, 5) is 48.2. The van der Waals surface area contributed by atoms with E-state index in [-0.39, 0.29) is 29.9 Å². The molecule has 0 aromatic heterocycles. The van der Waals surface area contributed by atoms with Gasteiger partial charge in [-0.25, -0.2) is 0 Å². The van der Waals surface area contributed by atoms with Gasteiger partial charge in [0, 0.05) is 19.4 Å². The van der Waals surface area contributed by atoms with Crippen molar-refractivity contribution in [1.29, 1.82) is 0 Å². The van der Waals surface area contributed by atoms with Crippen LogP contribution in [0.5, 0.6) is 0 Å². The molecular weight excluding hydrogens is 272 g/mol. The van der Waals surface area contributed by atoms with Crippen molar-refractivity contribution < 1.29 is 19.2 Å². The summed E-state index contributed by atoms with van der Waals surface area (Å²) >= 11 is 0. The fraction of sp³-hybridized carbons (Fsp3) is 0.333. The third-order valence-corrected chi connectivity index (χ3v) is 3.39. The Balaban J connectivity index is 2.56. The van der Waals surface area contributed by atoms with Crippen LogP contribution in [0.25, 0.3) is 0 Å². The molecule has 0 aliphatic carbocycles. The fourth-order valence-corrected chi connectivity index (χ4v) is 2.52. The molecule has 0 bridgehead atoms. The van der Waals surface area contributed by atoms with Crippen molar-refractivity contribution in [2.24, 2.45) is 0 Å². The zero-order chi connectivity index (χ0) is 15.7. The van der Waals surface area contributed by atoms with Crippen LogP contribution in [0.15, 0.2) is 18.2 Å². The molecule has 1 aromatic carbocycles. The Morgan fingerprint density at radius 2 is 1.86 bits per heavy atom. The van der Waals surface area contributed by atoms with E-state index in [2.05, 4.69) is 5.32 Å². The number of hydrogen-bond donors (Lipinski definition) is 1. The molecule has 21 heavy (non-hydrogen) atoms. The van der Waals surface area contributed by atoms with E-state index in [1.54, 1.807) is 18.2 Å². The Labute approximate surface area is 122 Å². The highest BCUT2D eigenvalue weighted by molar-refractivity contribution is 6.16. The maximum absolute atomic E-state index is 12.2. The number of Topliss-reactive ketones (excluding diaryl/α,β-unsaturated/α-hetero) is 2. The molecule has 6 nitrogen and oxygen atoms in total. The quantitative estimate of drug-likeness (QED) is 0.899. The summed E-state index contributed by atoms with van der Waals surface area (Å²) < 4.78 is 0. The lowest BCUT2D eigenvalue weighted by molar-refractivity contribution is -0.125. The molecule has 0 saturated carbocycles. The lowest BCUT2D eigenvalue weighted by Crippen LogP contribution is -2.31. The third kappa shape index (κ3) is 2.69. The molecule has 2 amide bonds. The van der Waals surface area contributed by atoms with Crippen molar-refractivity contribution in [1.82, 2.24) is 5.32 Å². The van der Waals surface area contributed by atoms with Crippen LogP contribution in [0.1, 0.15) is 42.7 Å². The highest BCUT2D eigenvalue weighted by Gasteiger charge is 2.34. The van der Waals surface area contributed by atoms with Crippen LogP contribution in [0.4, 0.5) is 5.69 Å². The molecule has 1 heterocycles. The minimum absolute atomic E-state index is 0.0353. The molecule has 1 aliphatic heterocycles. The Morgan fingerprint density at radius 1 is 1.19 bits per heavy atom. The van der Waals surface area contributed by atoms with Gasteiger partial charge in [-0.3, -0.25) is 19.2 Å². The number of benzene rings is 1. The van der Waals surface area contributed by atoms with Gasteiger partial charge in [-0.2, -0.15) is 0 Å². The standard InChI is InChI=1S/C15H16N2O4/c1-8(18)15(16-9(2)19)11-5-4-6-12-14(11)13(21)7-17(12)10(3)20/h4-6,15H,7H2,1-3H3,(H,16,19). The van der Waals surface area contributed by atoms with E-state index in [1.807, 2.05) is 0 Å². The maximum atomic E-state index is 12.2. The highest BCUT2D eigenvalue weighted by Crippen LogP contribution is 2.34. The van der Waals surface area contributed by atoms with Gasteiger partial charge in [-0.1, -0.05) is 12.1 Å². The molecule has 1 unspecified atom stereocenters. The molecule has 1 atom stereocenters. The zero-order valence-corrected chi connectivity index (χ0v) is 12.1. The number of rotatable bonds is 3. The monoisotopic (exact) mass is 288 g/mol. The molecule has 6 heteroatoms. The normalized spacial score (nSPS) is 14.6. The average molecular weight is 288 g/mol. The molecule has 0 saturated heterocycles. The summed E-state index contributed by atoms with van der Waals surface area (Å²) in [7, 11) is 0. The van der Waals surface area contributed by atoms with Crippen LogP contribution in [0.3, 0.4) is 0 Å². The van der Waals surface area contributed by atoms with Crippen LogP contribution in [0.2, 0.25) is 0 Å². The third-order valence-electron chi connectivity index (χ3n) is 3.39. The van der Waals surface area contributed by atoms with E-state index in [0.29, 0.717) is 16.8 Å². The smallest absolute Gasteiger partial charge is 0.224 e. The van der Waals surface area contributed by atoms with Gasteiger partial charge in [0.15, 0.2) is 11.6 Å². The topological polar surface area (TPSA) is 83.6 Å². The SMILES string of the molecule is CC(=O)NC(C(C)=O)c1cccc2c1C(=O)CN2C(C)=O. The molecule has 1 N–H and O–H groups in total. The summed E-state index contributed by atoms with van der Waals surface area (Å²) in [6, 6.07) is 4.08. The maximum Gasteiger partial charge on any atom is 0.224 e. The van der Waals surface area contributed by atoms with Gasteiger partial charge < -0.3 is 10.2 Å². The first-order chi connectivity index (χ1) is 9.82. The van der Waals surface area contributed by atoms with Crippen molar-refractivity contribution in [3.05, 3.63) is 29.3 Å². The van der Waals surface area contributed by atoms with Gasteiger partial charge in [0.2, 0.25) is 11.8 Å². The van der Waals surface area contributed by atoms with Crippen LogP contribution >= 0.6 is 0 Å². The summed E-state index contributed by atoms with van der Waals surface area (Å²) in [5.41, 5.74) is 1.26. The Bertz CT molecular complexity index is 651. The Hall–Kier alpha value is -2.50. The fourth-order valence-electron chi connectivity index (χ4n) is 2.52. The van der Waals surface area contributed by atoms with Crippen molar-refractivity contribution in [2.75, 3.05) is 11.4 Å². The first kappa shape index (κ1) is 14.9. The number of nitrogens with one attached hydrogen (secondary N) is 1. The Morgan fingerprint density at radius 3 is 2.38 bits per heavy atom. The van der Waals surface area contributed by atoms with E-state index in [4.69, 9.17) is 0 Å². The molecular formula is C15H16N2O4. The first-order valence-electron chi connectivity index (χ1n) is 6.54. The van der Waals surface area contributed by atoms with Gasteiger partial charge in [0.05, 0.1) is 12.2 Å². The van der Waals surface area contributed by atoms with E-state index in [9.17, 15) is 19.2 Å². The van der Waals surface area contributed by atoms with Gasteiger partial charge in [-0.05, 0) is 18.6 Å². The number of nitrogens with zero attached hydrogens (tertiary/aromatic N) is 1. The molecule has 110 valence electrons. The predicted octanol–water partition coefficient (Wildman–Crippen LogP) is 1.00. The number of anilines is 1. The Kier molecular flexibility index (Phi) is 3.88. The molecule has 0 radical (unpaired) electrons. The largest absolute Gasteiger partial charge is 0.342 e. The van der Waals surface area contributed by atoms with Crippen LogP contribution in [-0.4, -0.2) is 29.9 Å². The molecule has 0 spiro atoms. The number of amides is 2. The van der Waals surface area contributed by atoms with E-state index < -0.39 is 6.04 Å². The van der Waals surface area contributed by atoms with Crippen molar-refractivity contribution in [2.45, 2.75) is 26.8 Å². The van der Waals surface area contributed by atoms with Gasteiger partial charge in [0.25, 0.3) is 0 Å². The summed E-state index contributed by atoms with van der Waals surface area (Å²) in [5, 5.41) is 2.55. The van der Waals surface area contributed by atoms with Crippen LogP contribution in [-0.2, 0) is 14.4 Å². The van der Waals surface area contributed by atoms with Crippen molar-refractivity contribution in [3.8, 4) is 0 Å². The molecule has 1 aliphatic rings. The second-order valence-electron chi connectivity index (χ2n) is 5.01. The van der Waals surface area contributed by atoms with Gasteiger partial charge >= 0.3 is 0 Å². The van der Waals surface area contributed by atoms with Gasteiger partial charge in [-0.15, -0.1) is 0 Å². The number of ketones is 2. The lowest BCUT2D eigenvalue weighted by atomic mass is 9.95. The molecule has 2 rings (SSSR count). The number of carbonyl (C=O) groups excluding carboxylic acids is 4. The summed E-state index contributed by atoms with van der Waals surface area (Å²) in [6.07, 6.45) is 0. The van der Waals surface area contributed by atoms with Crippen molar-refractivity contribution in [3.63, 3.8) is 0 Å². The highest BCUT2D eigenvalue weighted by atomic mass is 16.2. The minimum Gasteiger partial charge on any atom is -0.342 e. The molecule has 1 aromatic rings. The number of carbonyl (C=O) groups is 4.